The Balaban J connectivity index is 1.88. The molecule has 2 aromatic rings. The summed E-state index contributed by atoms with van der Waals surface area (Å²) in [6.07, 6.45) is 0.324. The molecule has 0 bridgehead atoms. The average molecular weight is 344 g/mol. The summed E-state index contributed by atoms with van der Waals surface area (Å²) in [5, 5.41) is 11.9. The van der Waals surface area contributed by atoms with Crippen LogP contribution in [0.25, 0.3) is 0 Å². The van der Waals surface area contributed by atoms with Crippen LogP contribution in [0.2, 0.25) is 0 Å². The van der Waals surface area contributed by atoms with Gasteiger partial charge in [-0.1, -0.05) is 45.0 Å². The van der Waals surface area contributed by atoms with Crippen LogP contribution in [0.4, 0.5) is 4.79 Å². The van der Waals surface area contributed by atoms with Crippen molar-refractivity contribution < 1.29 is 14.4 Å². The number of rotatable bonds is 2. The molecule has 2 N–H and O–H groups in total. The maximum absolute atomic E-state index is 11.7. The lowest BCUT2D eigenvalue weighted by atomic mass is 9.83. The first-order valence-corrected chi connectivity index (χ1v) is 8.54. The number of carbonyl (C=O) groups is 1. The lowest BCUT2D eigenvalue weighted by Gasteiger charge is -2.37. The van der Waals surface area contributed by atoms with Crippen molar-refractivity contribution in [1.29, 1.82) is 0 Å². The summed E-state index contributed by atoms with van der Waals surface area (Å²) in [6.45, 7) is 6.86. The van der Waals surface area contributed by atoms with Crippen LogP contribution >= 0.6 is 0 Å². The van der Waals surface area contributed by atoms with Crippen molar-refractivity contribution in [3.63, 3.8) is 0 Å². The van der Waals surface area contributed by atoms with E-state index in [0.717, 1.165) is 5.56 Å². The topological polar surface area (TPSA) is 86.5 Å². The Bertz CT molecular complexity index is 798. The SMILES string of the molecule is CC(C)(C)c1ccc([C@H]2C[C@H](c3cc(=O)[nH]o3)CCN2C(=O)O)cc1. The zero-order valence-corrected chi connectivity index (χ0v) is 14.8. The van der Waals surface area contributed by atoms with E-state index < -0.39 is 6.09 Å². The molecule has 0 radical (unpaired) electrons. The van der Waals surface area contributed by atoms with E-state index in [-0.39, 0.29) is 22.9 Å². The van der Waals surface area contributed by atoms with Crippen molar-refractivity contribution in [3.8, 4) is 0 Å². The van der Waals surface area contributed by atoms with Crippen molar-refractivity contribution in [2.75, 3.05) is 6.54 Å². The van der Waals surface area contributed by atoms with Gasteiger partial charge in [0.2, 0.25) is 0 Å². The van der Waals surface area contributed by atoms with Gasteiger partial charge in [-0.15, -0.1) is 0 Å². The summed E-state index contributed by atoms with van der Waals surface area (Å²) >= 11 is 0. The first kappa shape index (κ1) is 17.3. The lowest BCUT2D eigenvalue weighted by Crippen LogP contribution is -2.39. The van der Waals surface area contributed by atoms with Crippen LogP contribution in [0.1, 0.15) is 62.5 Å². The molecule has 0 unspecified atom stereocenters. The van der Waals surface area contributed by atoms with E-state index in [4.69, 9.17) is 4.52 Å². The van der Waals surface area contributed by atoms with Gasteiger partial charge in [0.1, 0.15) is 5.76 Å². The second kappa shape index (κ2) is 6.43. The smallest absolute Gasteiger partial charge is 0.407 e. The van der Waals surface area contributed by atoms with Crippen molar-refractivity contribution in [2.45, 2.75) is 51.0 Å². The van der Waals surface area contributed by atoms with E-state index >= 15 is 0 Å². The van der Waals surface area contributed by atoms with Crippen molar-refractivity contribution in [3.05, 3.63) is 57.6 Å². The predicted octanol–water partition coefficient (Wildman–Crippen LogP) is 3.86. The van der Waals surface area contributed by atoms with Gasteiger partial charge in [-0.05, 0) is 29.4 Å². The highest BCUT2D eigenvalue weighted by molar-refractivity contribution is 5.66. The molecule has 0 aliphatic carbocycles. The Kier molecular flexibility index (Phi) is 4.45. The number of hydrogen-bond acceptors (Lipinski definition) is 3. The molecule has 6 heteroatoms. The predicted molar refractivity (Wildman–Crippen MR) is 93.9 cm³/mol. The van der Waals surface area contributed by atoms with Gasteiger partial charge in [-0.3, -0.25) is 4.79 Å². The third kappa shape index (κ3) is 3.62. The molecule has 134 valence electrons. The molecule has 1 aromatic heterocycles. The second-order valence-corrected chi connectivity index (χ2v) is 7.70. The highest BCUT2D eigenvalue weighted by Crippen LogP contribution is 2.39. The Labute approximate surface area is 146 Å². The fourth-order valence-corrected chi connectivity index (χ4v) is 3.47. The lowest BCUT2D eigenvalue weighted by molar-refractivity contribution is 0.0968. The molecule has 0 spiro atoms. The van der Waals surface area contributed by atoms with Crippen molar-refractivity contribution >= 4 is 6.09 Å². The zero-order chi connectivity index (χ0) is 18.2. The number of hydrogen-bond donors (Lipinski definition) is 2. The zero-order valence-electron chi connectivity index (χ0n) is 14.8. The Hall–Kier alpha value is -2.50. The molecule has 0 saturated carbocycles. The Morgan fingerprint density at radius 1 is 1.28 bits per heavy atom. The van der Waals surface area contributed by atoms with Crippen LogP contribution in [0.15, 0.2) is 39.6 Å². The third-order valence-electron chi connectivity index (χ3n) is 4.95. The van der Waals surface area contributed by atoms with Gasteiger partial charge in [0, 0.05) is 18.5 Å². The normalized spacial score (nSPS) is 21.3. The van der Waals surface area contributed by atoms with Crippen LogP contribution in [-0.2, 0) is 5.41 Å². The largest absolute Gasteiger partial charge is 0.465 e. The molecular weight excluding hydrogens is 320 g/mol. The summed E-state index contributed by atoms with van der Waals surface area (Å²) < 4.78 is 5.24. The summed E-state index contributed by atoms with van der Waals surface area (Å²) in [5.74, 6) is 0.633. The number of carboxylic acid groups (broad SMARTS) is 1. The standard InChI is InChI=1S/C19H24N2O4/c1-19(2,3)14-6-4-12(5-7-14)15-10-13(8-9-21(15)18(23)24)16-11-17(22)20-25-16/h4-7,11,13,15H,8-10H2,1-3H3,(H,20,22)(H,23,24)/t13-,15-/m1/s1. The Morgan fingerprint density at radius 3 is 2.48 bits per heavy atom. The maximum atomic E-state index is 11.7. The van der Waals surface area contributed by atoms with Crippen molar-refractivity contribution in [1.82, 2.24) is 10.1 Å². The molecule has 1 aliphatic rings. The van der Waals surface area contributed by atoms with Gasteiger partial charge in [0.15, 0.2) is 0 Å². The van der Waals surface area contributed by atoms with E-state index in [1.165, 1.54) is 16.5 Å². The molecule has 2 heterocycles. The van der Waals surface area contributed by atoms with E-state index in [2.05, 4.69) is 38.1 Å². The number of nitrogens with zero attached hydrogens (tertiary/aromatic N) is 1. The summed E-state index contributed by atoms with van der Waals surface area (Å²) in [5.41, 5.74) is 1.97. The summed E-state index contributed by atoms with van der Waals surface area (Å²) in [7, 11) is 0. The van der Waals surface area contributed by atoms with E-state index in [0.29, 0.717) is 25.1 Å². The highest BCUT2D eigenvalue weighted by Gasteiger charge is 2.34. The van der Waals surface area contributed by atoms with Gasteiger partial charge in [0.05, 0.1) is 6.04 Å². The van der Waals surface area contributed by atoms with Crippen LogP contribution in [0.5, 0.6) is 0 Å². The van der Waals surface area contributed by atoms with Crippen LogP contribution in [-0.4, -0.2) is 27.8 Å². The molecule has 1 aliphatic heterocycles. The minimum atomic E-state index is -0.918. The van der Waals surface area contributed by atoms with E-state index in [1.54, 1.807) is 0 Å². The third-order valence-corrected chi connectivity index (χ3v) is 4.95. The molecule has 3 rings (SSSR count). The molecule has 2 atom stereocenters. The Morgan fingerprint density at radius 2 is 1.96 bits per heavy atom. The molecule has 1 aromatic carbocycles. The quantitative estimate of drug-likeness (QED) is 0.866. The van der Waals surface area contributed by atoms with Gasteiger partial charge >= 0.3 is 6.09 Å². The van der Waals surface area contributed by atoms with E-state index in [1.807, 2.05) is 12.1 Å². The fourth-order valence-electron chi connectivity index (χ4n) is 3.47. The number of amides is 1. The number of aromatic amines is 1. The number of piperidine rings is 1. The van der Waals surface area contributed by atoms with E-state index in [9.17, 15) is 14.7 Å². The maximum Gasteiger partial charge on any atom is 0.407 e. The molecular formula is C19H24N2O4. The fraction of sp³-hybridized carbons (Fsp3) is 0.474. The number of benzene rings is 1. The molecule has 1 amide bonds. The minimum Gasteiger partial charge on any atom is -0.465 e. The highest BCUT2D eigenvalue weighted by atomic mass is 16.5. The number of likely N-dealkylation sites (tertiary alicyclic amines) is 1. The number of H-pyrrole nitrogens is 1. The molecule has 1 saturated heterocycles. The number of aromatic nitrogens is 1. The monoisotopic (exact) mass is 344 g/mol. The average Bonchev–Trinajstić information content (AvgIpc) is 3.00. The van der Waals surface area contributed by atoms with Crippen molar-refractivity contribution in [2.24, 2.45) is 0 Å². The first-order chi connectivity index (χ1) is 11.8. The molecule has 6 nitrogen and oxygen atoms in total. The summed E-state index contributed by atoms with van der Waals surface area (Å²) in [4.78, 5) is 24.5. The second-order valence-electron chi connectivity index (χ2n) is 7.70. The summed E-state index contributed by atoms with van der Waals surface area (Å²) in [6, 6.07) is 9.37. The molecule has 1 fully saturated rings. The minimum absolute atomic E-state index is 0.0295. The first-order valence-electron chi connectivity index (χ1n) is 8.54. The van der Waals surface area contributed by atoms with Crippen LogP contribution in [0, 0.1) is 0 Å². The van der Waals surface area contributed by atoms with Crippen LogP contribution < -0.4 is 5.56 Å². The van der Waals surface area contributed by atoms with Gasteiger partial charge in [0.25, 0.3) is 5.56 Å². The van der Waals surface area contributed by atoms with Gasteiger partial charge in [-0.25, -0.2) is 4.79 Å². The van der Waals surface area contributed by atoms with Crippen LogP contribution in [0.3, 0.4) is 0 Å². The molecule has 25 heavy (non-hydrogen) atoms. The van der Waals surface area contributed by atoms with Gasteiger partial charge in [-0.2, -0.15) is 5.16 Å². The van der Waals surface area contributed by atoms with Gasteiger partial charge < -0.3 is 14.5 Å². The number of nitrogens with one attached hydrogen (secondary N) is 1.